The van der Waals surface area contributed by atoms with Gasteiger partial charge in [0.25, 0.3) is 0 Å². The van der Waals surface area contributed by atoms with E-state index < -0.39 is 35.7 Å². The Morgan fingerprint density at radius 3 is 1.97 bits per heavy atom. The maximum atomic E-state index is 13.0. The van der Waals surface area contributed by atoms with Crippen LogP contribution in [-0.4, -0.2) is 41.0 Å². The van der Waals surface area contributed by atoms with Gasteiger partial charge in [0.15, 0.2) is 0 Å². The highest BCUT2D eigenvalue weighted by Crippen LogP contribution is 2.10. The molecule has 0 saturated heterocycles. The van der Waals surface area contributed by atoms with Crippen LogP contribution in [-0.2, 0) is 32.1 Å². The van der Waals surface area contributed by atoms with Gasteiger partial charge in [-0.05, 0) is 23.5 Å². The number of hydrogen-bond acceptors (Lipinski definition) is 5. The van der Waals surface area contributed by atoms with E-state index in [4.69, 9.17) is 4.74 Å². The van der Waals surface area contributed by atoms with E-state index in [1.807, 2.05) is 74.5 Å². The summed E-state index contributed by atoms with van der Waals surface area (Å²) in [7, 11) is 0. The Kier molecular flexibility index (Phi) is 10.8. The molecule has 7 nitrogen and oxygen atoms in total. The van der Waals surface area contributed by atoms with Crippen molar-refractivity contribution in [1.82, 2.24) is 10.6 Å². The molecule has 0 fully saturated rings. The lowest BCUT2D eigenvalue weighted by molar-refractivity contribution is -0.137. The van der Waals surface area contributed by atoms with Crippen LogP contribution in [0.4, 0.5) is 4.79 Å². The first-order valence-electron chi connectivity index (χ1n) is 10.7. The molecule has 0 bridgehead atoms. The van der Waals surface area contributed by atoms with Gasteiger partial charge >= 0.3 is 6.09 Å². The predicted octanol–water partition coefficient (Wildman–Crippen LogP) is 3.59. The Morgan fingerprint density at radius 1 is 0.848 bits per heavy atom. The quantitative estimate of drug-likeness (QED) is 0.331. The number of carbonyl (C=O) groups excluding carboxylic acids is 4. The van der Waals surface area contributed by atoms with Crippen molar-refractivity contribution in [3.05, 3.63) is 71.8 Å². The molecule has 0 aromatic heterocycles. The number of halogens is 1. The molecule has 0 saturated carbocycles. The lowest BCUT2D eigenvalue weighted by Crippen LogP contribution is -2.53. The van der Waals surface area contributed by atoms with Crippen molar-refractivity contribution < 1.29 is 23.9 Å². The zero-order valence-corrected chi connectivity index (χ0v) is 20.3. The summed E-state index contributed by atoms with van der Waals surface area (Å²) in [6.07, 6.45) is -0.232. The average Bonchev–Trinajstić information content (AvgIpc) is 2.82. The molecular weight excluding hydrogens is 488 g/mol. The molecule has 2 amide bonds. The summed E-state index contributed by atoms with van der Waals surface area (Å²) in [6, 6.07) is 16.3. The van der Waals surface area contributed by atoms with Crippen LogP contribution in [0, 0.1) is 5.92 Å². The number of Topliss-reactive ketones (excluding diaryl/α,β-unsaturated/α-hetero) is 2. The zero-order valence-electron chi connectivity index (χ0n) is 18.8. The van der Waals surface area contributed by atoms with Gasteiger partial charge in [0.05, 0.1) is 11.4 Å². The number of alkyl carbamates (subject to hydrolysis) is 1. The highest BCUT2D eigenvalue weighted by Gasteiger charge is 2.30. The molecule has 2 aromatic rings. The fourth-order valence-electron chi connectivity index (χ4n) is 3.20. The molecule has 0 aliphatic carbocycles. The number of rotatable bonds is 12. The van der Waals surface area contributed by atoms with E-state index in [1.165, 1.54) is 0 Å². The fourth-order valence-corrected chi connectivity index (χ4v) is 3.48. The van der Waals surface area contributed by atoms with Crippen molar-refractivity contribution in [2.24, 2.45) is 5.92 Å². The molecule has 2 N–H and O–H groups in total. The highest BCUT2D eigenvalue weighted by molar-refractivity contribution is 9.09. The molecule has 0 heterocycles. The van der Waals surface area contributed by atoms with Crippen molar-refractivity contribution in [1.29, 1.82) is 0 Å². The van der Waals surface area contributed by atoms with Crippen LogP contribution in [0.25, 0.3) is 0 Å². The molecule has 0 radical (unpaired) electrons. The number of carbonyl (C=O) groups is 4. The molecule has 2 atom stereocenters. The van der Waals surface area contributed by atoms with Gasteiger partial charge in [-0.15, -0.1) is 0 Å². The fraction of sp³-hybridized carbons (Fsp3) is 0.360. The first-order chi connectivity index (χ1) is 15.8. The largest absolute Gasteiger partial charge is 0.445 e. The second kappa shape index (κ2) is 13.5. The Hall–Kier alpha value is -3.00. The van der Waals surface area contributed by atoms with Crippen LogP contribution in [0.5, 0.6) is 0 Å². The summed E-state index contributed by atoms with van der Waals surface area (Å²) in [5.41, 5.74) is 1.62. The van der Waals surface area contributed by atoms with E-state index in [-0.39, 0.29) is 24.3 Å². The maximum absolute atomic E-state index is 13.0. The van der Waals surface area contributed by atoms with E-state index in [0.29, 0.717) is 6.42 Å². The summed E-state index contributed by atoms with van der Waals surface area (Å²) in [5, 5.41) is 5.12. The summed E-state index contributed by atoms with van der Waals surface area (Å²) < 4.78 is 5.24. The maximum Gasteiger partial charge on any atom is 0.408 e. The molecule has 0 aliphatic heterocycles. The van der Waals surface area contributed by atoms with Gasteiger partial charge < -0.3 is 15.4 Å². The van der Waals surface area contributed by atoms with Crippen LogP contribution in [0.1, 0.15) is 31.4 Å². The third kappa shape index (κ3) is 9.18. The first-order valence-corrected chi connectivity index (χ1v) is 11.9. The van der Waals surface area contributed by atoms with Crippen molar-refractivity contribution in [3.63, 3.8) is 0 Å². The minimum absolute atomic E-state index is 0.0670. The smallest absolute Gasteiger partial charge is 0.408 e. The molecule has 2 aromatic carbocycles. The van der Waals surface area contributed by atoms with Crippen LogP contribution in [0.2, 0.25) is 0 Å². The molecule has 8 heteroatoms. The monoisotopic (exact) mass is 516 g/mol. The van der Waals surface area contributed by atoms with Gasteiger partial charge in [0, 0.05) is 6.42 Å². The van der Waals surface area contributed by atoms with Crippen LogP contribution in [0.3, 0.4) is 0 Å². The summed E-state index contributed by atoms with van der Waals surface area (Å²) in [4.78, 5) is 50.1. The number of alkyl halides is 1. The van der Waals surface area contributed by atoms with Gasteiger partial charge in [-0.1, -0.05) is 90.4 Å². The molecule has 0 spiro atoms. The lowest BCUT2D eigenvalue weighted by Gasteiger charge is -2.23. The standard InChI is InChI=1S/C25H29BrN2O5/c1-17(2)13-21(28-25(32)33-16-19-11-7-4-8-12-19)24(31)27-20(23(30)22(29)15-26)14-18-9-5-3-6-10-18/h3-12,17,20-21H,13-16H2,1-2H3,(H,27,31)(H,28,32)/t20-,21-/m0/s1. The SMILES string of the molecule is CC(C)C[C@H](NC(=O)OCc1ccccc1)C(=O)N[C@@H](Cc1ccccc1)C(=O)C(=O)CBr. The Morgan fingerprint density at radius 2 is 1.42 bits per heavy atom. The number of benzene rings is 2. The Balaban J connectivity index is 2.09. The van der Waals surface area contributed by atoms with Crippen molar-refractivity contribution in [3.8, 4) is 0 Å². The van der Waals surface area contributed by atoms with Gasteiger partial charge in [-0.25, -0.2) is 4.79 Å². The highest BCUT2D eigenvalue weighted by atomic mass is 79.9. The van der Waals surface area contributed by atoms with Crippen LogP contribution >= 0.6 is 15.9 Å². The first kappa shape index (κ1) is 26.3. The molecule has 33 heavy (non-hydrogen) atoms. The number of ketones is 2. The third-order valence-corrected chi connectivity index (χ3v) is 5.35. The summed E-state index contributed by atoms with van der Waals surface area (Å²) in [5.74, 6) is -1.79. The van der Waals surface area contributed by atoms with Gasteiger partial charge in [0.2, 0.25) is 17.5 Å². The minimum Gasteiger partial charge on any atom is -0.445 e. The number of hydrogen-bond donors (Lipinski definition) is 2. The molecule has 2 rings (SSSR count). The minimum atomic E-state index is -1.04. The number of ether oxygens (including phenoxy) is 1. The van der Waals surface area contributed by atoms with Crippen molar-refractivity contribution >= 4 is 39.5 Å². The average molecular weight is 517 g/mol. The second-order valence-electron chi connectivity index (χ2n) is 8.06. The number of nitrogens with one attached hydrogen (secondary N) is 2. The molecular formula is C25H29BrN2O5. The van der Waals surface area contributed by atoms with E-state index in [0.717, 1.165) is 11.1 Å². The van der Waals surface area contributed by atoms with Gasteiger partial charge in [-0.2, -0.15) is 0 Å². The normalized spacial score (nSPS) is 12.5. The van der Waals surface area contributed by atoms with E-state index in [1.54, 1.807) is 0 Å². The van der Waals surface area contributed by atoms with E-state index in [2.05, 4.69) is 26.6 Å². The summed E-state index contributed by atoms with van der Waals surface area (Å²) >= 11 is 3.01. The summed E-state index contributed by atoms with van der Waals surface area (Å²) in [6.45, 7) is 3.90. The lowest BCUT2D eigenvalue weighted by atomic mass is 9.98. The number of amides is 2. The molecule has 0 aliphatic rings. The van der Waals surface area contributed by atoms with Crippen molar-refractivity contribution in [2.45, 2.75) is 45.4 Å². The second-order valence-corrected chi connectivity index (χ2v) is 8.62. The zero-order chi connectivity index (χ0) is 24.2. The molecule has 0 unspecified atom stereocenters. The molecule has 176 valence electrons. The van der Waals surface area contributed by atoms with Crippen molar-refractivity contribution in [2.75, 3.05) is 5.33 Å². The van der Waals surface area contributed by atoms with E-state index >= 15 is 0 Å². The van der Waals surface area contributed by atoms with Gasteiger partial charge in [0.1, 0.15) is 12.6 Å². The third-order valence-electron chi connectivity index (χ3n) is 4.84. The predicted molar refractivity (Wildman–Crippen MR) is 129 cm³/mol. The van der Waals surface area contributed by atoms with Crippen LogP contribution in [0.15, 0.2) is 60.7 Å². The van der Waals surface area contributed by atoms with Gasteiger partial charge in [-0.3, -0.25) is 14.4 Å². The Labute approximate surface area is 202 Å². The Bertz CT molecular complexity index is 934. The van der Waals surface area contributed by atoms with E-state index in [9.17, 15) is 19.2 Å². The van der Waals surface area contributed by atoms with Crippen LogP contribution < -0.4 is 10.6 Å². The topological polar surface area (TPSA) is 102 Å².